The maximum atomic E-state index is 11.9. The molecule has 0 radical (unpaired) electrons. The maximum absolute atomic E-state index is 11.9. The Morgan fingerprint density at radius 3 is 2.54 bits per heavy atom. The summed E-state index contributed by atoms with van der Waals surface area (Å²) in [6, 6.07) is 11.7. The summed E-state index contributed by atoms with van der Waals surface area (Å²) in [6.07, 6.45) is 0. The van der Waals surface area contributed by atoms with Crippen LogP contribution >= 0.6 is 15.9 Å². The number of hydrogen-bond donors (Lipinski definition) is 2. The van der Waals surface area contributed by atoms with Crippen LogP contribution in [0.3, 0.4) is 0 Å². The van der Waals surface area contributed by atoms with Crippen LogP contribution in [0.4, 0.5) is 11.4 Å². The second-order valence-corrected chi connectivity index (χ2v) is 5.73. The Bertz CT molecular complexity index is 732. The Morgan fingerprint density at radius 1 is 1.17 bits per heavy atom. The molecule has 0 bridgehead atoms. The number of benzene rings is 2. The number of amides is 1. The number of anilines is 2. The van der Waals surface area contributed by atoms with Gasteiger partial charge in [-0.3, -0.25) is 4.79 Å². The lowest BCUT2D eigenvalue weighted by molar-refractivity contribution is -0.118. The molecule has 0 aliphatic heterocycles. The molecule has 2 rings (SSSR count). The van der Waals surface area contributed by atoms with Crippen LogP contribution in [-0.2, 0) is 9.53 Å². The Labute approximate surface area is 148 Å². The van der Waals surface area contributed by atoms with Crippen LogP contribution in [0, 0.1) is 0 Å². The van der Waals surface area contributed by atoms with E-state index in [4.69, 9.17) is 15.2 Å². The van der Waals surface area contributed by atoms with Crippen molar-refractivity contribution in [1.29, 1.82) is 0 Å². The molecule has 0 saturated carbocycles. The molecule has 1 amide bonds. The number of halogens is 1. The average molecular weight is 393 g/mol. The Hall–Kier alpha value is -2.54. The van der Waals surface area contributed by atoms with Crippen LogP contribution in [0.25, 0.3) is 0 Å². The van der Waals surface area contributed by atoms with Gasteiger partial charge < -0.3 is 20.5 Å². The first-order chi connectivity index (χ1) is 11.5. The minimum Gasteiger partial charge on any atom is -0.482 e. The van der Waals surface area contributed by atoms with Crippen molar-refractivity contribution in [3.8, 4) is 5.75 Å². The van der Waals surface area contributed by atoms with E-state index in [-0.39, 0.29) is 24.9 Å². The number of rotatable bonds is 6. The zero-order valence-electron chi connectivity index (χ0n) is 13.0. The molecule has 0 aliphatic carbocycles. The van der Waals surface area contributed by atoms with E-state index in [1.807, 2.05) is 12.1 Å². The van der Waals surface area contributed by atoms with Crippen LogP contribution in [-0.4, -0.2) is 25.1 Å². The molecule has 0 atom stereocenters. The van der Waals surface area contributed by atoms with E-state index in [1.54, 1.807) is 25.1 Å². The normalized spacial score (nSPS) is 10.1. The van der Waals surface area contributed by atoms with Crippen molar-refractivity contribution in [1.82, 2.24) is 0 Å². The Kier molecular flexibility index (Phi) is 6.20. The van der Waals surface area contributed by atoms with Gasteiger partial charge in [-0.2, -0.15) is 0 Å². The summed E-state index contributed by atoms with van der Waals surface area (Å²) in [4.78, 5) is 23.6. The van der Waals surface area contributed by atoms with Crippen LogP contribution in [0.15, 0.2) is 46.9 Å². The highest BCUT2D eigenvalue weighted by Gasteiger charge is 2.11. The number of carbonyl (C=O) groups is 2. The molecule has 0 aromatic heterocycles. The van der Waals surface area contributed by atoms with Gasteiger partial charge in [0.1, 0.15) is 5.75 Å². The van der Waals surface area contributed by atoms with Crippen molar-refractivity contribution in [2.24, 2.45) is 0 Å². The molecule has 126 valence electrons. The minimum atomic E-state index is -0.471. The van der Waals surface area contributed by atoms with Gasteiger partial charge in [0.2, 0.25) is 0 Å². The van der Waals surface area contributed by atoms with Gasteiger partial charge in [0.15, 0.2) is 6.61 Å². The third-order valence-electron chi connectivity index (χ3n) is 3.01. The van der Waals surface area contributed by atoms with Crippen molar-refractivity contribution < 1.29 is 19.1 Å². The van der Waals surface area contributed by atoms with Gasteiger partial charge >= 0.3 is 5.97 Å². The first-order valence-electron chi connectivity index (χ1n) is 7.24. The van der Waals surface area contributed by atoms with Crippen molar-refractivity contribution in [2.45, 2.75) is 6.92 Å². The van der Waals surface area contributed by atoms with Crippen LogP contribution in [0.2, 0.25) is 0 Å². The fourth-order valence-corrected chi connectivity index (χ4v) is 2.14. The number of esters is 1. The number of nitrogen functional groups attached to an aromatic ring is 1. The van der Waals surface area contributed by atoms with Gasteiger partial charge in [-0.15, -0.1) is 0 Å². The van der Waals surface area contributed by atoms with E-state index in [2.05, 4.69) is 21.2 Å². The van der Waals surface area contributed by atoms with Crippen molar-refractivity contribution >= 4 is 39.2 Å². The lowest BCUT2D eigenvalue weighted by Crippen LogP contribution is -2.20. The summed E-state index contributed by atoms with van der Waals surface area (Å²) < 4.78 is 11.2. The lowest BCUT2D eigenvalue weighted by atomic mass is 10.2. The average Bonchev–Trinajstić information content (AvgIpc) is 2.56. The molecule has 0 aliphatic rings. The minimum absolute atomic E-state index is 0.230. The largest absolute Gasteiger partial charge is 0.482 e. The quantitative estimate of drug-likeness (QED) is 0.581. The third-order valence-corrected chi connectivity index (χ3v) is 3.54. The fourth-order valence-electron chi connectivity index (χ4n) is 1.87. The van der Waals surface area contributed by atoms with Crippen molar-refractivity contribution in [3.05, 3.63) is 52.5 Å². The summed E-state index contributed by atoms with van der Waals surface area (Å²) >= 11 is 3.32. The van der Waals surface area contributed by atoms with Crippen LogP contribution < -0.4 is 15.8 Å². The molecule has 2 aromatic carbocycles. The fraction of sp³-hybridized carbons (Fsp3) is 0.176. The summed E-state index contributed by atoms with van der Waals surface area (Å²) in [6.45, 7) is 1.76. The van der Waals surface area contributed by atoms with Gasteiger partial charge in [-0.05, 0) is 49.4 Å². The zero-order valence-corrected chi connectivity index (χ0v) is 14.6. The summed E-state index contributed by atoms with van der Waals surface area (Å²) in [5, 5.41) is 2.70. The molecular weight excluding hydrogens is 376 g/mol. The van der Waals surface area contributed by atoms with Gasteiger partial charge in [0.25, 0.3) is 5.91 Å². The molecule has 2 aromatic rings. The highest BCUT2D eigenvalue weighted by Crippen LogP contribution is 2.23. The van der Waals surface area contributed by atoms with E-state index in [9.17, 15) is 9.59 Å². The number of nitrogens with one attached hydrogen (secondary N) is 1. The number of nitrogens with two attached hydrogens (primary N) is 1. The second kappa shape index (κ2) is 8.35. The predicted octanol–water partition coefficient (Wildman–Crippen LogP) is 3.23. The van der Waals surface area contributed by atoms with E-state index in [0.717, 1.165) is 4.47 Å². The summed E-state index contributed by atoms with van der Waals surface area (Å²) in [7, 11) is 0. The molecule has 0 fully saturated rings. The molecule has 0 saturated heterocycles. The van der Waals surface area contributed by atoms with Gasteiger partial charge in [0, 0.05) is 10.2 Å². The first kappa shape index (κ1) is 17.8. The second-order valence-electron chi connectivity index (χ2n) is 4.82. The van der Waals surface area contributed by atoms with Gasteiger partial charge in [-0.25, -0.2) is 4.79 Å². The number of ether oxygens (including phenoxy) is 2. The molecule has 3 N–H and O–H groups in total. The monoisotopic (exact) mass is 392 g/mol. The van der Waals surface area contributed by atoms with E-state index >= 15 is 0 Å². The third kappa shape index (κ3) is 4.99. The molecule has 0 heterocycles. The van der Waals surface area contributed by atoms with E-state index in [0.29, 0.717) is 16.9 Å². The SMILES string of the molecule is CCOC(=O)c1ccc(N)c(OCC(=O)Nc2ccc(Br)cc2)c1. The Balaban J connectivity index is 1.97. The molecule has 0 spiro atoms. The first-order valence-corrected chi connectivity index (χ1v) is 8.03. The maximum Gasteiger partial charge on any atom is 0.338 e. The topological polar surface area (TPSA) is 90.7 Å². The zero-order chi connectivity index (χ0) is 17.5. The van der Waals surface area contributed by atoms with Crippen LogP contribution in [0.1, 0.15) is 17.3 Å². The summed E-state index contributed by atoms with van der Waals surface area (Å²) in [5.41, 5.74) is 7.10. The van der Waals surface area contributed by atoms with Gasteiger partial charge in [-0.1, -0.05) is 15.9 Å². The Morgan fingerprint density at radius 2 is 1.88 bits per heavy atom. The van der Waals surface area contributed by atoms with Gasteiger partial charge in [0.05, 0.1) is 17.9 Å². The smallest absolute Gasteiger partial charge is 0.338 e. The number of carbonyl (C=O) groups excluding carboxylic acids is 2. The predicted molar refractivity (Wildman–Crippen MR) is 95.1 cm³/mol. The molecule has 24 heavy (non-hydrogen) atoms. The van der Waals surface area contributed by atoms with Crippen molar-refractivity contribution in [3.63, 3.8) is 0 Å². The molecule has 7 heteroatoms. The van der Waals surface area contributed by atoms with Crippen LogP contribution in [0.5, 0.6) is 5.75 Å². The lowest BCUT2D eigenvalue weighted by Gasteiger charge is -2.11. The van der Waals surface area contributed by atoms with E-state index in [1.165, 1.54) is 12.1 Å². The molecule has 6 nitrogen and oxygen atoms in total. The molecule has 0 unspecified atom stereocenters. The summed E-state index contributed by atoms with van der Waals surface area (Å²) in [5.74, 6) is -0.550. The molecular formula is C17H17BrN2O4. The number of hydrogen-bond acceptors (Lipinski definition) is 5. The standard InChI is InChI=1S/C17H17BrN2O4/c1-2-23-17(22)11-3-8-14(19)15(9-11)24-10-16(21)20-13-6-4-12(18)5-7-13/h3-9H,2,10,19H2,1H3,(H,20,21). The van der Waals surface area contributed by atoms with E-state index < -0.39 is 5.97 Å². The highest BCUT2D eigenvalue weighted by molar-refractivity contribution is 9.10. The van der Waals surface area contributed by atoms with Crippen molar-refractivity contribution in [2.75, 3.05) is 24.3 Å². The highest BCUT2D eigenvalue weighted by atomic mass is 79.9.